The predicted octanol–water partition coefficient (Wildman–Crippen LogP) is 1.35. The second-order valence-electron chi connectivity index (χ2n) is 4.78. The summed E-state index contributed by atoms with van der Waals surface area (Å²) in [6.45, 7) is 6.68. The fourth-order valence-corrected chi connectivity index (χ4v) is 2.52. The van der Waals surface area contributed by atoms with Crippen molar-refractivity contribution in [3.8, 4) is 0 Å². The molecule has 6 nitrogen and oxygen atoms in total. The van der Waals surface area contributed by atoms with Crippen LogP contribution in [0.2, 0.25) is 0 Å². The molecule has 3 rings (SSSR count). The Balaban J connectivity index is 1.97. The van der Waals surface area contributed by atoms with Crippen LogP contribution in [0.3, 0.4) is 0 Å². The van der Waals surface area contributed by atoms with Gasteiger partial charge in [-0.05, 0) is 13.8 Å². The Labute approximate surface area is 112 Å². The Morgan fingerprint density at radius 1 is 1.21 bits per heavy atom. The van der Waals surface area contributed by atoms with Crippen molar-refractivity contribution < 1.29 is 0 Å². The van der Waals surface area contributed by atoms with Crippen molar-refractivity contribution >= 4 is 11.6 Å². The average molecular weight is 258 g/mol. The summed E-state index contributed by atoms with van der Waals surface area (Å²) in [4.78, 5) is 15.7. The van der Waals surface area contributed by atoms with E-state index in [0.717, 1.165) is 48.5 Å². The Kier molecular flexibility index (Phi) is 2.85. The lowest BCUT2D eigenvalue weighted by Gasteiger charge is -2.30. The molecular weight excluding hydrogens is 240 g/mol. The molecule has 0 atom stereocenters. The van der Waals surface area contributed by atoms with E-state index in [1.54, 1.807) is 0 Å². The van der Waals surface area contributed by atoms with Gasteiger partial charge in [0.1, 0.15) is 23.3 Å². The maximum atomic E-state index is 4.60. The lowest BCUT2D eigenvalue weighted by molar-refractivity contribution is 0.554. The average Bonchev–Trinajstić information content (AvgIpc) is 2.88. The molecule has 0 saturated carbocycles. The molecule has 0 saturated heterocycles. The van der Waals surface area contributed by atoms with Gasteiger partial charge in [0.05, 0.1) is 6.54 Å². The summed E-state index contributed by atoms with van der Waals surface area (Å²) in [5.74, 6) is 3.79. The molecule has 0 spiro atoms. The van der Waals surface area contributed by atoms with Crippen LogP contribution in [0.5, 0.6) is 0 Å². The molecule has 1 aliphatic rings. The highest BCUT2D eigenvalue weighted by atomic mass is 15.3. The standard InChI is InChI=1S/C13H18N6/c1-9-12(14-3)16-10(2)17-13(9)19-7-6-18-5-4-15-11(18)8-19/h4-5H,6-8H2,1-3H3,(H,14,16,17). The van der Waals surface area contributed by atoms with Gasteiger partial charge in [-0.3, -0.25) is 0 Å². The van der Waals surface area contributed by atoms with Gasteiger partial charge in [-0.2, -0.15) is 0 Å². The van der Waals surface area contributed by atoms with Crippen molar-refractivity contribution in [3.63, 3.8) is 0 Å². The van der Waals surface area contributed by atoms with Crippen LogP contribution in [0.25, 0.3) is 0 Å². The second kappa shape index (κ2) is 4.53. The number of hydrogen-bond acceptors (Lipinski definition) is 5. The van der Waals surface area contributed by atoms with Gasteiger partial charge >= 0.3 is 0 Å². The summed E-state index contributed by atoms with van der Waals surface area (Å²) in [6.07, 6.45) is 3.89. The summed E-state index contributed by atoms with van der Waals surface area (Å²) in [7, 11) is 1.89. The summed E-state index contributed by atoms with van der Waals surface area (Å²) in [5, 5.41) is 3.13. The van der Waals surface area contributed by atoms with Crippen molar-refractivity contribution in [3.05, 3.63) is 29.6 Å². The molecule has 2 aromatic heterocycles. The lowest BCUT2D eigenvalue weighted by atomic mass is 10.2. The monoisotopic (exact) mass is 258 g/mol. The highest BCUT2D eigenvalue weighted by molar-refractivity contribution is 5.58. The molecule has 0 unspecified atom stereocenters. The van der Waals surface area contributed by atoms with E-state index in [9.17, 15) is 0 Å². The Bertz CT molecular complexity index is 603. The number of hydrogen-bond donors (Lipinski definition) is 1. The third-order valence-corrected chi connectivity index (χ3v) is 3.51. The molecule has 1 N–H and O–H groups in total. The van der Waals surface area contributed by atoms with Crippen LogP contribution < -0.4 is 10.2 Å². The zero-order valence-electron chi connectivity index (χ0n) is 11.5. The number of nitrogens with zero attached hydrogens (tertiary/aromatic N) is 5. The van der Waals surface area contributed by atoms with E-state index in [2.05, 4.69) is 36.7 Å². The van der Waals surface area contributed by atoms with Crippen LogP contribution >= 0.6 is 0 Å². The minimum absolute atomic E-state index is 0.791. The number of aryl methyl sites for hydroxylation is 1. The van der Waals surface area contributed by atoms with E-state index in [-0.39, 0.29) is 0 Å². The molecule has 6 heteroatoms. The highest BCUT2D eigenvalue weighted by Gasteiger charge is 2.21. The van der Waals surface area contributed by atoms with Crippen LogP contribution in [0.1, 0.15) is 17.2 Å². The van der Waals surface area contributed by atoms with E-state index in [4.69, 9.17) is 0 Å². The zero-order valence-corrected chi connectivity index (χ0v) is 11.5. The number of rotatable bonds is 2. The first kappa shape index (κ1) is 12.0. The summed E-state index contributed by atoms with van der Waals surface area (Å²) in [5.41, 5.74) is 1.09. The molecule has 0 bridgehead atoms. The first-order valence-corrected chi connectivity index (χ1v) is 6.47. The first-order chi connectivity index (χ1) is 9.19. The highest BCUT2D eigenvalue weighted by Crippen LogP contribution is 2.26. The number of imidazole rings is 1. The number of anilines is 2. The maximum absolute atomic E-state index is 4.60. The van der Waals surface area contributed by atoms with Crippen molar-refractivity contribution in [2.24, 2.45) is 0 Å². The van der Waals surface area contributed by atoms with Crippen molar-refractivity contribution in [1.82, 2.24) is 19.5 Å². The van der Waals surface area contributed by atoms with Gasteiger partial charge in [-0.1, -0.05) is 0 Å². The predicted molar refractivity (Wildman–Crippen MR) is 74.3 cm³/mol. The van der Waals surface area contributed by atoms with E-state index in [1.165, 1.54) is 0 Å². The molecule has 0 amide bonds. The Morgan fingerprint density at radius 2 is 2.05 bits per heavy atom. The van der Waals surface area contributed by atoms with Crippen molar-refractivity contribution in [2.75, 3.05) is 23.8 Å². The topological polar surface area (TPSA) is 58.9 Å². The largest absolute Gasteiger partial charge is 0.373 e. The van der Waals surface area contributed by atoms with Crippen molar-refractivity contribution in [2.45, 2.75) is 26.9 Å². The number of nitrogens with one attached hydrogen (secondary N) is 1. The minimum Gasteiger partial charge on any atom is -0.373 e. The molecule has 3 heterocycles. The van der Waals surface area contributed by atoms with Gasteiger partial charge in [-0.25, -0.2) is 15.0 Å². The van der Waals surface area contributed by atoms with Gasteiger partial charge in [0.25, 0.3) is 0 Å². The van der Waals surface area contributed by atoms with E-state index in [0.29, 0.717) is 0 Å². The molecule has 0 aliphatic carbocycles. The maximum Gasteiger partial charge on any atom is 0.137 e. The quantitative estimate of drug-likeness (QED) is 0.881. The molecule has 0 fully saturated rings. The van der Waals surface area contributed by atoms with Gasteiger partial charge in [0.15, 0.2) is 0 Å². The second-order valence-corrected chi connectivity index (χ2v) is 4.78. The van der Waals surface area contributed by atoms with Crippen LogP contribution in [0.4, 0.5) is 11.6 Å². The SMILES string of the molecule is CNc1nc(C)nc(N2CCn3ccnc3C2)c1C. The van der Waals surface area contributed by atoms with Gasteiger partial charge in [-0.15, -0.1) is 0 Å². The third-order valence-electron chi connectivity index (χ3n) is 3.51. The molecular formula is C13H18N6. The smallest absolute Gasteiger partial charge is 0.137 e. The Hall–Kier alpha value is -2.11. The molecule has 1 aliphatic heterocycles. The molecule has 19 heavy (non-hydrogen) atoms. The van der Waals surface area contributed by atoms with Gasteiger partial charge in [0, 0.05) is 38.1 Å². The first-order valence-electron chi connectivity index (χ1n) is 6.47. The van der Waals surface area contributed by atoms with Crippen molar-refractivity contribution in [1.29, 1.82) is 0 Å². The third kappa shape index (κ3) is 2.03. The number of aromatic nitrogens is 4. The zero-order chi connectivity index (χ0) is 13.4. The fourth-order valence-electron chi connectivity index (χ4n) is 2.52. The summed E-state index contributed by atoms with van der Waals surface area (Å²) >= 11 is 0. The van der Waals surface area contributed by atoms with Crippen LogP contribution in [-0.4, -0.2) is 33.1 Å². The molecule has 100 valence electrons. The van der Waals surface area contributed by atoms with E-state index < -0.39 is 0 Å². The van der Waals surface area contributed by atoms with Crippen LogP contribution in [0.15, 0.2) is 12.4 Å². The van der Waals surface area contributed by atoms with Crippen LogP contribution in [0, 0.1) is 13.8 Å². The summed E-state index contributed by atoms with van der Waals surface area (Å²) in [6, 6.07) is 0. The minimum atomic E-state index is 0.791. The number of fused-ring (bicyclic) bond motifs is 1. The summed E-state index contributed by atoms with van der Waals surface area (Å²) < 4.78 is 2.19. The van der Waals surface area contributed by atoms with Gasteiger partial charge < -0.3 is 14.8 Å². The van der Waals surface area contributed by atoms with E-state index >= 15 is 0 Å². The van der Waals surface area contributed by atoms with E-state index in [1.807, 2.05) is 26.4 Å². The fraction of sp³-hybridized carbons (Fsp3) is 0.462. The normalized spacial score (nSPS) is 14.4. The Morgan fingerprint density at radius 3 is 2.84 bits per heavy atom. The molecule has 0 aromatic carbocycles. The van der Waals surface area contributed by atoms with Crippen LogP contribution in [-0.2, 0) is 13.1 Å². The molecule has 2 aromatic rings. The molecule has 0 radical (unpaired) electrons. The lowest BCUT2D eigenvalue weighted by Crippen LogP contribution is -2.35. The van der Waals surface area contributed by atoms with Gasteiger partial charge in [0.2, 0.25) is 0 Å².